The number of piperidine rings is 2. The number of rotatable bonds is 3. The molecule has 2 heterocycles. The number of primary amides is 1. The van der Waals surface area contributed by atoms with E-state index >= 15 is 0 Å². The van der Waals surface area contributed by atoms with Crippen molar-refractivity contribution in [2.45, 2.75) is 43.4 Å². The molecule has 3 fully saturated rings. The first kappa shape index (κ1) is 14.8. The fourth-order valence-corrected chi connectivity index (χ4v) is 3.98. The summed E-state index contributed by atoms with van der Waals surface area (Å²) in [5, 5.41) is 13.5. The molecule has 2 bridgehead atoms. The maximum atomic E-state index is 14.1. The average molecular weight is 313 g/mol. The first-order valence-corrected chi connectivity index (χ1v) is 7.48. The third-order valence-corrected chi connectivity index (χ3v) is 5.10. The molecule has 1 saturated carbocycles. The second kappa shape index (κ2) is 5.23. The summed E-state index contributed by atoms with van der Waals surface area (Å²) in [5.41, 5.74) is 5.41. The van der Waals surface area contributed by atoms with Gasteiger partial charge in [-0.15, -0.1) is 0 Å². The van der Waals surface area contributed by atoms with Crippen molar-refractivity contribution in [3.63, 3.8) is 0 Å². The zero-order valence-corrected chi connectivity index (χ0v) is 12.2. The lowest BCUT2D eigenvalue weighted by molar-refractivity contribution is -0.130. The summed E-state index contributed by atoms with van der Waals surface area (Å²) in [6, 6.07) is 4.34. The molecule has 1 aromatic carbocycles. The highest BCUT2D eigenvalue weighted by Gasteiger charge is 2.51. The number of nitrogens with one attached hydrogen (secondary N) is 1. The Balaban J connectivity index is 1.89. The number of fused-ring (bicyclic) bond motifs is 3. The Morgan fingerprint density at radius 3 is 3.00 bits per heavy atom. The van der Waals surface area contributed by atoms with Crippen molar-refractivity contribution >= 4 is 17.5 Å². The lowest BCUT2D eigenvalue weighted by Crippen LogP contribution is -2.69. The summed E-state index contributed by atoms with van der Waals surface area (Å²) < 4.78 is 14.1. The van der Waals surface area contributed by atoms with Gasteiger partial charge < -0.3 is 10.8 Å². The predicted octanol–water partition coefficient (Wildman–Crippen LogP) is 1.38. The summed E-state index contributed by atoms with van der Waals surface area (Å²) in [7, 11) is 0. The molecule has 4 rings (SSSR count). The van der Waals surface area contributed by atoms with Crippen molar-refractivity contribution in [1.29, 1.82) is 0 Å². The number of aliphatic hydroxyl groups excluding tert-OH is 1. The maximum Gasteiger partial charge on any atom is 0.234 e. The van der Waals surface area contributed by atoms with Gasteiger partial charge in [0.2, 0.25) is 5.91 Å². The SMILES string of the molecule is NC(=O)C1NC2(Cc3cccc(Cl)c3F)CCC1C(O)C2. The Kier molecular flexibility index (Phi) is 3.67. The highest BCUT2D eigenvalue weighted by atomic mass is 35.5. The fourth-order valence-electron chi connectivity index (χ4n) is 3.79. The molecule has 0 spiro atoms. The summed E-state index contributed by atoms with van der Waals surface area (Å²) >= 11 is 5.82. The van der Waals surface area contributed by atoms with Crippen molar-refractivity contribution in [1.82, 2.24) is 5.32 Å². The number of aliphatic hydroxyl groups is 1. The van der Waals surface area contributed by atoms with E-state index in [-0.39, 0.29) is 10.9 Å². The van der Waals surface area contributed by atoms with Crippen molar-refractivity contribution in [3.8, 4) is 0 Å². The molecule has 3 aliphatic rings. The Labute approximate surface area is 127 Å². The van der Waals surface area contributed by atoms with Gasteiger partial charge in [0.25, 0.3) is 0 Å². The van der Waals surface area contributed by atoms with Crippen LogP contribution in [0.25, 0.3) is 0 Å². The summed E-state index contributed by atoms with van der Waals surface area (Å²) in [6.07, 6.45) is 1.79. The highest BCUT2D eigenvalue weighted by Crippen LogP contribution is 2.42. The van der Waals surface area contributed by atoms with Gasteiger partial charge in [0, 0.05) is 11.5 Å². The van der Waals surface area contributed by atoms with Crippen molar-refractivity contribution in [2.75, 3.05) is 0 Å². The molecule has 21 heavy (non-hydrogen) atoms. The molecule has 0 radical (unpaired) electrons. The Bertz CT molecular complexity index is 583. The lowest BCUT2D eigenvalue weighted by Gasteiger charge is -2.53. The molecule has 2 saturated heterocycles. The molecule has 1 aliphatic carbocycles. The first-order chi connectivity index (χ1) is 9.92. The van der Waals surface area contributed by atoms with Gasteiger partial charge in [-0.2, -0.15) is 0 Å². The van der Waals surface area contributed by atoms with Crippen LogP contribution >= 0.6 is 11.6 Å². The number of amides is 1. The molecule has 1 aromatic rings. The maximum absolute atomic E-state index is 14.1. The minimum Gasteiger partial charge on any atom is -0.393 e. The van der Waals surface area contributed by atoms with Crippen LogP contribution in [0.15, 0.2) is 18.2 Å². The molecular weight excluding hydrogens is 295 g/mol. The van der Waals surface area contributed by atoms with Crippen LogP contribution in [0, 0.1) is 11.7 Å². The van der Waals surface area contributed by atoms with Crippen molar-refractivity contribution < 1.29 is 14.3 Å². The van der Waals surface area contributed by atoms with Crippen LogP contribution in [0.4, 0.5) is 4.39 Å². The van der Waals surface area contributed by atoms with E-state index in [1.807, 2.05) is 0 Å². The van der Waals surface area contributed by atoms with Gasteiger partial charge in [0.1, 0.15) is 5.82 Å². The third kappa shape index (κ3) is 2.54. The van der Waals surface area contributed by atoms with Gasteiger partial charge in [-0.3, -0.25) is 10.1 Å². The second-order valence-electron chi connectivity index (χ2n) is 6.17. The van der Waals surface area contributed by atoms with E-state index in [9.17, 15) is 14.3 Å². The summed E-state index contributed by atoms with van der Waals surface area (Å²) in [4.78, 5) is 11.6. The Morgan fingerprint density at radius 2 is 2.33 bits per heavy atom. The van der Waals surface area contributed by atoms with Gasteiger partial charge >= 0.3 is 0 Å². The summed E-state index contributed by atoms with van der Waals surface area (Å²) in [5.74, 6) is -1.05. The molecule has 4 unspecified atom stereocenters. The van der Waals surface area contributed by atoms with Crippen LogP contribution in [0.1, 0.15) is 24.8 Å². The van der Waals surface area contributed by atoms with E-state index in [4.69, 9.17) is 17.3 Å². The van der Waals surface area contributed by atoms with Gasteiger partial charge in [-0.1, -0.05) is 23.7 Å². The van der Waals surface area contributed by atoms with Crippen LogP contribution in [0.3, 0.4) is 0 Å². The lowest BCUT2D eigenvalue weighted by atomic mass is 9.64. The zero-order valence-electron chi connectivity index (χ0n) is 11.5. The molecule has 4 atom stereocenters. The molecule has 4 nitrogen and oxygen atoms in total. The van der Waals surface area contributed by atoms with Crippen LogP contribution in [0.5, 0.6) is 0 Å². The predicted molar refractivity (Wildman–Crippen MR) is 77.3 cm³/mol. The largest absolute Gasteiger partial charge is 0.393 e. The molecule has 0 aromatic heterocycles. The van der Waals surface area contributed by atoms with Gasteiger partial charge in [0.15, 0.2) is 0 Å². The molecule has 114 valence electrons. The van der Waals surface area contributed by atoms with Crippen LogP contribution in [-0.2, 0) is 11.2 Å². The van der Waals surface area contributed by atoms with E-state index in [1.54, 1.807) is 12.1 Å². The second-order valence-corrected chi connectivity index (χ2v) is 6.58. The molecule has 2 aliphatic heterocycles. The van der Waals surface area contributed by atoms with Crippen molar-refractivity contribution in [3.05, 3.63) is 34.6 Å². The number of nitrogens with two attached hydrogens (primary N) is 1. The highest BCUT2D eigenvalue weighted by molar-refractivity contribution is 6.30. The standard InChI is InChI=1S/C15H18ClFN2O2/c16-10-3-1-2-8(12(10)17)6-15-5-4-9(11(20)7-15)13(19-15)14(18)21/h1-3,9,11,13,19-20H,4-7H2,(H2,18,21). The van der Waals surface area contributed by atoms with E-state index in [2.05, 4.69) is 5.32 Å². The van der Waals surface area contributed by atoms with Crippen molar-refractivity contribution in [2.24, 2.45) is 11.7 Å². The number of hydrogen-bond donors (Lipinski definition) is 3. The fraction of sp³-hybridized carbons (Fsp3) is 0.533. The van der Waals surface area contributed by atoms with Gasteiger partial charge in [-0.25, -0.2) is 4.39 Å². The van der Waals surface area contributed by atoms with Crippen LogP contribution in [0.2, 0.25) is 5.02 Å². The number of hydrogen-bond acceptors (Lipinski definition) is 3. The third-order valence-electron chi connectivity index (χ3n) is 4.81. The van der Waals surface area contributed by atoms with E-state index < -0.39 is 29.4 Å². The number of halogens is 2. The normalized spacial score (nSPS) is 34.9. The monoisotopic (exact) mass is 312 g/mol. The zero-order chi connectivity index (χ0) is 15.2. The summed E-state index contributed by atoms with van der Waals surface area (Å²) in [6.45, 7) is 0. The Morgan fingerprint density at radius 1 is 1.57 bits per heavy atom. The van der Waals surface area contributed by atoms with E-state index in [0.29, 0.717) is 24.8 Å². The van der Waals surface area contributed by atoms with Crippen LogP contribution in [-0.4, -0.2) is 28.7 Å². The molecule has 4 N–H and O–H groups in total. The number of carbonyl (C=O) groups is 1. The van der Waals surface area contributed by atoms with Gasteiger partial charge in [0.05, 0.1) is 17.2 Å². The van der Waals surface area contributed by atoms with E-state index in [0.717, 1.165) is 6.42 Å². The number of carbonyl (C=O) groups excluding carboxylic acids is 1. The Hall–Kier alpha value is -1.17. The quantitative estimate of drug-likeness (QED) is 0.789. The number of benzene rings is 1. The molecular formula is C15H18ClFN2O2. The average Bonchev–Trinajstić information content (AvgIpc) is 2.44. The minimum atomic E-state index is -0.584. The molecule has 6 heteroatoms. The van der Waals surface area contributed by atoms with E-state index in [1.165, 1.54) is 6.07 Å². The smallest absolute Gasteiger partial charge is 0.234 e. The first-order valence-electron chi connectivity index (χ1n) is 7.10. The van der Waals surface area contributed by atoms with Gasteiger partial charge in [-0.05, 0) is 37.3 Å². The van der Waals surface area contributed by atoms with Crippen LogP contribution < -0.4 is 11.1 Å². The molecule has 1 amide bonds. The topological polar surface area (TPSA) is 75.4 Å². The minimum absolute atomic E-state index is 0.0837.